The van der Waals surface area contributed by atoms with Crippen LogP contribution < -0.4 is 0 Å². The summed E-state index contributed by atoms with van der Waals surface area (Å²) in [4.78, 5) is 5.03. The Bertz CT molecular complexity index is 213. The van der Waals surface area contributed by atoms with E-state index in [1.165, 1.54) is 45.2 Å². The molecular weight excluding hydrogens is 236 g/mol. The average Bonchev–Trinajstić information content (AvgIpc) is 2.40. The van der Waals surface area contributed by atoms with Crippen molar-refractivity contribution in [1.29, 1.82) is 0 Å². The van der Waals surface area contributed by atoms with E-state index in [1.54, 1.807) is 0 Å². The highest BCUT2D eigenvalue weighted by atomic mass is 35.5. The molecule has 0 aromatic rings. The van der Waals surface area contributed by atoms with Gasteiger partial charge in [-0.1, -0.05) is 6.42 Å². The third-order valence-corrected chi connectivity index (χ3v) is 4.47. The minimum absolute atomic E-state index is 0.353. The zero-order valence-corrected chi connectivity index (χ0v) is 11.4. The maximum Gasteiger partial charge on any atom is 0.0802 e. The number of piperidine rings is 2. The van der Waals surface area contributed by atoms with Crippen LogP contribution in [0.25, 0.3) is 0 Å². The van der Waals surface area contributed by atoms with E-state index in [4.69, 9.17) is 11.6 Å². The molecule has 1 unspecified atom stereocenters. The molecule has 0 bridgehead atoms. The summed E-state index contributed by atoms with van der Waals surface area (Å²) < 4.78 is 0. The van der Waals surface area contributed by atoms with E-state index in [2.05, 4.69) is 9.80 Å². The minimum atomic E-state index is -0.358. The van der Waals surface area contributed by atoms with Crippen LogP contribution in [0, 0.1) is 0 Å². The fourth-order valence-electron chi connectivity index (χ4n) is 3.10. The van der Waals surface area contributed by atoms with Gasteiger partial charge in [0.25, 0.3) is 0 Å². The first-order chi connectivity index (χ1) is 8.29. The average molecular weight is 261 g/mol. The van der Waals surface area contributed by atoms with Gasteiger partial charge in [-0.3, -0.25) is 0 Å². The molecule has 0 amide bonds. The molecule has 2 rings (SSSR count). The SMILES string of the molecule is OC(CCl)CN1CCC(N2CCCCC2)CC1. The zero-order chi connectivity index (χ0) is 12.1. The second-order valence-corrected chi connectivity index (χ2v) is 5.75. The summed E-state index contributed by atoms with van der Waals surface area (Å²) in [5, 5.41) is 9.54. The van der Waals surface area contributed by atoms with E-state index >= 15 is 0 Å². The quantitative estimate of drug-likeness (QED) is 0.777. The molecule has 2 heterocycles. The minimum Gasteiger partial charge on any atom is -0.391 e. The third-order valence-electron chi connectivity index (χ3n) is 4.11. The first kappa shape index (κ1) is 13.6. The van der Waals surface area contributed by atoms with Crippen LogP contribution in [0.1, 0.15) is 32.1 Å². The van der Waals surface area contributed by atoms with Crippen LogP contribution in [0.4, 0.5) is 0 Å². The lowest BCUT2D eigenvalue weighted by Crippen LogP contribution is -2.48. The highest BCUT2D eigenvalue weighted by molar-refractivity contribution is 6.18. The van der Waals surface area contributed by atoms with Crippen molar-refractivity contribution in [3.05, 3.63) is 0 Å². The second kappa shape index (κ2) is 6.93. The molecule has 0 aliphatic carbocycles. The van der Waals surface area contributed by atoms with Gasteiger partial charge in [-0.15, -0.1) is 11.6 Å². The Labute approximate surface area is 110 Å². The van der Waals surface area contributed by atoms with Gasteiger partial charge in [0, 0.05) is 18.5 Å². The first-order valence-corrected chi connectivity index (χ1v) is 7.53. The maximum absolute atomic E-state index is 9.54. The van der Waals surface area contributed by atoms with Crippen LogP contribution in [0.15, 0.2) is 0 Å². The van der Waals surface area contributed by atoms with Crippen molar-refractivity contribution in [1.82, 2.24) is 9.80 Å². The lowest BCUT2D eigenvalue weighted by molar-refractivity contribution is 0.0666. The molecule has 0 aromatic heterocycles. The smallest absolute Gasteiger partial charge is 0.0802 e. The highest BCUT2D eigenvalue weighted by Crippen LogP contribution is 2.20. The fourth-order valence-corrected chi connectivity index (χ4v) is 3.20. The lowest BCUT2D eigenvalue weighted by atomic mass is 10.00. The van der Waals surface area contributed by atoms with E-state index in [9.17, 15) is 5.11 Å². The topological polar surface area (TPSA) is 26.7 Å². The standard InChI is InChI=1S/C13H25ClN2O/c14-10-13(17)11-15-8-4-12(5-9-15)16-6-2-1-3-7-16/h12-13,17H,1-11H2. The summed E-state index contributed by atoms with van der Waals surface area (Å²) in [5.74, 6) is 0.353. The number of hydrogen-bond donors (Lipinski definition) is 1. The molecule has 2 aliphatic rings. The van der Waals surface area contributed by atoms with Gasteiger partial charge >= 0.3 is 0 Å². The van der Waals surface area contributed by atoms with Crippen molar-refractivity contribution in [2.75, 3.05) is 38.6 Å². The molecule has 0 radical (unpaired) electrons. The Hall–Kier alpha value is 0.170. The molecule has 1 atom stereocenters. The van der Waals surface area contributed by atoms with Crippen LogP contribution in [0.5, 0.6) is 0 Å². The molecule has 17 heavy (non-hydrogen) atoms. The lowest BCUT2D eigenvalue weighted by Gasteiger charge is -2.40. The molecule has 2 saturated heterocycles. The normalized spacial score (nSPS) is 27.2. The van der Waals surface area contributed by atoms with Crippen molar-refractivity contribution in [3.8, 4) is 0 Å². The Balaban J connectivity index is 1.70. The van der Waals surface area contributed by atoms with Gasteiger partial charge in [0.1, 0.15) is 0 Å². The Kier molecular flexibility index (Phi) is 5.54. The zero-order valence-electron chi connectivity index (χ0n) is 10.7. The van der Waals surface area contributed by atoms with Crippen molar-refractivity contribution in [2.45, 2.75) is 44.2 Å². The van der Waals surface area contributed by atoms with Gasteiger partial charge in [-0.2, -0.15) is 0 Å². The fraction of sp³-hybridized carbons (Fsp3) is 1.00. The summed E-state index contributed by atoms with van der Waals surface area (Å²) >= 11 is 5.64. The van der Waals surface area contributed by atoms with Crippen LogP contribution in [0.3, 0.4) is 0 Å². The van der Waals surface area contributed by atoms with E-state index in [0.717, 1.165) is 25.7 Å². The van der Waals surface area contributed by atoms with E-state index in [1.807, 2.05) is 0 Å². The molecule has 3 nitrogen and oxygen atoms in total. The summed E-state index contributed by atoms with van der Waals surface area (Å²) in [6.07, 6.45) is 6.33. The molecular formula is C13H25ClN2O. The monoisotopic (exact) mass is 260 g/mol. The molecule has 0 saturated carbocycles. The van der Waals surface area contributed by atoms with Gasteiger partial charge in [0.15, 0.2) is 0 Å². The van der Waals surface area contributed by atoms with Gasteiger partial charge in [-0.05, 0) is 51.9 Å². The largest absolute Gasteiger partial charge is 0.391 e. The van der Waals surface area contributed by atoms with Gasteiger partial charge in [0.2, 0.25) is 0 Å². The van der Waals surface area contributed by atoms with Crippen molar-refractivity contribution in [2.24, 2.45) is 0 Å². The summed E-state index contributed by atoms with van der Waals surface area (Å²) in [6.45, 7) is 5.59. The number of aliphatic hydroxyl groups excluding tert-OH is 1. The molecule has 0 aromatic carbocycles. The molecule has 2 fully saturated rings. The number of likely N-dealkylation sites (tertiary alicyclic amines) is 2. The van der Waals surface area contributed by atoms with Crippen LogP contribution in [-0.2, 0) is 0 Å². The Morgan fingerprint density at radius 3 is 2.29 bits per heavy atom. The number of nitrogens with zero attached hydrogens (tertiary/aromatic N) is 2. The number of halogens is 1. The van der Waals surface area contributed by atoms with Crippen molar-refractivity contribution < 1.29 is 5.11 Å². The van der Waals surface area contributed by atoms with Crippen molar-refractivity contribution in [3.63, 3.8) is 0 Å². The van der Waals surface area contributed by atoms with E-state index in [0.29, 0.717) is 5.88 Å². The molecule has 1 N–H and O–H groups in total. The molecule has 2 aliphatic heterocycles. The van der Waals surface area contributed by atoms with Crippen molar-refractivity contribution >= 4 is 11.6 Å². The number of rotatable bonds is 4. The first-order valence-electron chi connectivity index (χ1n) is 7.00. The second-order valence-electron chi connectivity index (χ2n) is 5.44. The molecule has 100 valence electrons. The summed E-state index contributed by atoms with van der Waals surface area (Å²) in [7, 11) is 0. The van der Waals surface area contributed by atoms with E-state index in [-0.39, 0.29) is 6.10 Å². The number of hydrogen-bond acceptors (Lipinski definition) is 3. The predicted octanol–water partition coefficient (Wildman–Crippen LogP) is 1.54. The Morgan fingerprint density at radius 1 is 1.06 bits per heavy atom. The molecule has 4 heteroatoms. The maximum atomic E-state index is 9.54. The van der Waals surface area contributed by atoms with Gasteiger partial charge in [-0.25, -0.2) is 0 Å². The van der Waals surface area contributed by atoms with Crippen LogP contribution in [0.2, 0.25) is 0 Å². The highest BCUT2D eigenvalue weighted by Gasteiger charge is 2.25. The number of β-amino-alcohol motifs (C(OH)–C–C–N with tert-alkyl or cyclic N) is 1. The van der Waals surface area contributed by atoms with E-state index < -0.39 is 0 Å². The predicted molar refractivity (Wildman–Crippen MR) is 71.6 cm³/mol. The van der Waals surface area contributed by atoms with Crippen LogP contribution in [-0.4, -0.2) is 65.7 Å². The van der Waals surface area contributed by atoms with Gasteiger partial charge < -0.3 is 14.9 Å². The summed E-state index contributed by atoms with van der Waals surface area (Å²) in [6, 6.07) is 0.791. The number of aliphatic hydroxyl groups is 1. The Morgan fingerprint density at radius 2 is 1.71 bits per heavy atom. The summed E-state index contributed by atoms with van der Waals surface area (Å²) in [5.41, 5.74) is 0. The number of alkyl halides is 1. The van der Waals surface area contributed by atoms with Crippen LogP contribution >= 0.6 is 11.6 Å². The van der Waals surface area contributed by atoms with Gasteiger partial charge in [0.05, 0.1) is 6.10 Å². The molecule has 0 spiro atoms. The third kappa shape index (κ3) is 4.09.